The molecule has 3 aromatic rings. The number of hydrogen-bond donors (Lipinski definition) is 1. The SMILES string of the molecule is C=CC(c1ccc(C2CC2)cc1)C(C)(N=C(N)N(C)C)c1cc(-c2cc(C#CC)ncn2)cs1. The third-order valence-electron chi connectivity index (χ3n) is 6.30. The lowest BCUT2D eigenvalue weighted by atomic mass is 9.79. The molecule has 0 aliphatic heterocycles. The van der Waals surface area contributed by atoms with Crippen LogP contribution in [0.25, 0.3) is 11.3 Å². The highest BCUT2D eigenvalue weighted by Crippen LogP contribution is 2.46. The largest absolute Gasteiger partial charge is 0.370 e. The van der Waals surface area contributed by atoms with Crippen molar-refractivity contribution in [3.8, 4) is 23.1 Å². The van der Waals surface area contributed by atoms with Gasteiger partial charge in [-0.2, -0.15) is 0 Å². The number of thiophene rings is 1. The van der Waals surface area contributed by atoms with Gasteiger partial charge in [0.2, 0.25) is 0 Å². The minimum Gasteiger partial charge on any atom is -0.370 e. The summed E-state index contributed by atoms with van der Waals surface area (Å²) in [5.41, 5.74) is 10.9. The van der Waals surface area contributed by atoms with Crippen LogP contribution in [0.5, 0.6) is 0 Å². The Morgan fingerprint density at radius 2 is 2.00 bits per heavy atom. The molecule has 4 rings (SSSR count). The molecule has 2 aromatic heterocycles. The van der Waals surface area contributed by atoms with Crippen molar-refractivity contribution in [2.45, 2.75) is 44.1 Å². The lowest BCUT2D eigenvalue weighted by Gasteiger charge is -2.33. The number of nitrogens with two attached hydrogens (primary N) is 1. The zero-order chi connectivity index (χ0) is 24.3. The van der Waals surface area contributed by atoms with Crippen LogP contribution in [0.15, 0.2) is 65.8 Å². The molecule has 1 saturated carbocycles. The quantitative estimate of drug-likeness (QED) is 0.214. The van der Waals surface area contributed by atoms with E-state index in [1.165, 1.54) is 24.0 Å². The van der Waals surface area contributed by atoms with Gasteiger partial charge in [0.15, 0.2) is 5.96 Å². The highest BCUT2D eigenvalue weighted by Gasteiger charge is 2.37. The Morgan fingerprint density at radius 3 is 2.62 bits per heavy atom. The van der Waals surface area contributed by atoms with Crippen LogP contribution in [-0.4, -0.2) is 34.9 Å². The monoisotopic (exact) mass is 469 g/mol. The Hall–Kier alpha value is -3.43. The average Bonchev–Trinajstić information content (AvgIpc) is 3.55. The van der Waals surface area contributed by atoms with Crippen molar-refractivity contribution in [1.82, 2.24) is 14.9 Å². The van der Waals surface area contributed by atoms with Crippen LogP contribution in [0.4, 0.5) is 0 Å². The van der Waals surface area contributed by atoms with Gasteiger partial charge in [0.25, 0.3) is 0 Å². The van der Waals surface area contributed by atoms with Crippen molar-refractivity contribution in [3.63, 3.8) is 0 Å². The molecule has 1 aliphatic carbocycles. The van der Waals surface area contributed by atoms with Crippen molar-refractivity contribution >= 4 is 17.3 Å². The fraction of sp³-hybridized carbons (Fsp3) is 0.321. The van der Waals surface area contributed by atoms with E-state index < -0.39 is 5.54 Å². The van der Waals surface area contributed by atoms with Gasteiger partial charge in [0.05, 0.1) is 5.69 Å². The molecule has 0 radical (unpaired) electrons. The van der Waals surface area contributed by atoms with Gasteiger partial charge >= 0.3 is 0 Å². The van der Waals surface area contributed by atoms with Gasteiger partial charge in [0.1, 0.15) is 17.6 Å². The lowest BCUT2D eigenvalue weighted by molar-refractivity contribution is 0.443. The van der Waals surface area contributed by atoms with Crippen LogP contribution in [0.2, 0.25) is 0 Å². The number of guanidine groups is 1. The van der Waals surface area contributed by atoms with E-state index in [1.807, 2.05) is 31.1 Å². The van der Waals surface area contributed by atoms with Crippen molar-refractivity contribution in [1.29, 1.82) is 0 Å². The maximum absolute atomic E-state index is 6.36. The maximum Gasteiger partial charge on any atom is 0.191 e. The van der Waals surface area contributed by atoms with Crippen molar-refractivity contribution in [2.24, 2.45) is 10.7 Å². The lowest BCUT2D eigenvalue weighted by Crippen LogP contribution is -2.36. The van der Waals surface area contributed by atoms with E-state index in [-0.39, 0.29) is 5.92 Å². The average molecular weight is 470 g/mol. The van der Waals surface area contributed by atoms with Gasteiger partial charge < -0.3 is 10.6 Å². The van der Waals surface area contributed by atoms with Gasteiger partial charge in [-0.25, -0.2) is 15.0 Å². The summed E-state index contributed by atoms with van der Waals surface area (Å²) in [5, 5.41) is 2.11. The molecule has 5 nitrogen and oxygen atoms in total. The highest BCUT2D eigenvalue weighted by molar-refractivity contribution is 7.10. The number of aliphatic imine (C=N–C) groups is 1. The molecular weight excluding hydrogens is 438 g/mol. The molecular formula is C28H31N5S. The topological polar surface area (TPSA) is 67.4 Å². The first-order valence-electron chi connectivity index (χ1n) is 11.4. The molecule has 1 aromatic carbocycles. The van der Waals surface area contributed by atoms with Gasteiger partial charge in [-0.05, 0) is 61.8 Å². The Morgan fingerprint density at radius 1 is 1.26 bits per heavy atom. The zero-order valence-corrected chi connectivity index (χ0v) is 21.1. The Balaban J connectivity index is 1.77. The second kappa shape index (κ2) is 9.82. The minimum absolute atomic E-state index is 0.0577. The van der Waals surface area contributed by atoms with Gasteiger partial charge in [0, 0.05) is 35.8 Å². The van der Waals surface area contributed by atoms with E-state index in [0.29, 0.717) is 11.7 Å². The minimum atomic E-state index is -0.640. The molecule has 174 valence electrons. The molecule has 0 amide bonds. The summed E-state index contributed by atoms with van der Waals surface area (Å²) in [6, 6.07) is 13.0. The van der Waals surface area contributed by atoms with Crippen LogP contribution >= 0.6 is 11.3 Å². The third kappa shape index (κ3) is 4.90. The van der Waals surface area contributed by atoms with Crippen molar-refractivity contribution in [2.75, 3.05) is 14.1 Å². The van der Waals surface area contributed by atoms with Crippen LogP contribution in [0.1, 0.15) is 60.2 Å². The molecule has 0 saturated heterocycles. The number of nitrogens with zero attached hydrogens (tertiary/aromatic N) is 4. The Bertz CT molecular complexity index is 1260. The summed E-state index contributed by atoms with van der Waals surface area (Å²) in [7, 11) is 3.81. The summed E-state index contributed by atoms with van der Waals surface area (Å²) in [6.45, 7) is 8.13. The summed E-state index contributed by atoms with van der Waals surface area (Å²) >= 11 is 1.66. The first kappa shape index (κ1) is 23.7. The second-order valence-corrected chi connectivity index (χ2v) is 9.94. The third-order valence-corrected chi connectivity index (χ3v) is 7.46. The van der Waals surface area contributed by atoms with Crippen molar-refractivity contribution in [3.05, 3.63) is 82.5 Å². The van der Waals surface area contributed by atoms with Gasteiger partial charge in [-0.1, -0.05) is 36.3 Å². The summed E-state index contributed by atoms with van der Waals surface area (Å²) in [4.78, 5) is 16.7. The molecule has 1 aliphatic rings. The highest BCUT2D eigenvalue weighted by atomic mass is 32.1. The Kier molecular flexibility index (Phi) is 6.85. The molecule has 34 heavy (non-hydrogen) atoms. The standard InChI is InChI=1S/C28H31N5S/c1-6-8-23-16-25(31-18-30-23)22-15-26(34-17-22)28(3,32-27(29)33(4)5)24(7-2)21-13-11-20(12-14-21)19-9-10-19/h7,11-19,24H,2,9-10H2,1,3-5H3,(H2,29,32). The fourth-order valence-electron chi connectivity index (χ4n) is 4.15. The van der Waals surface area contributed by atoms with E-state index in [2.05, 4.69) is 71.0 Å². The molecule has 2 unspecified atom stereocenters. The van der Waals surface area contributed by atoms with E-state index in [1.54, 1.807) is 24.6 Å². The number of hydrogen-bond acceptors (Lipinski definition) is 4. The molecule has 0 bridgehead atoms. The molecule has 2 N–H and O–H groups in total. The predicted molar refractivity (Wildman–Crippen MR) is 142 cm³/mol. The van der Waals surface area contributed by atoms with Crippen LogP contribution in [-0.2, 0) is 5.54 Å². The molecule has 1 fully saturated rings. The van der Waals surface area contributed by atoms with Gasteiger partial charge in [-0.15, -0.1) is 17.9 Å². The summed E-state index contributed by atoms with van der Waals surface area (Å²) < 4.78 is 0. The first-order valence-corrected chi connectivity index (χ1v) is 12.3. The zero-order valence-electron chi connectivity index (χ0n) is 20.2. The van der Waals surface area contributed by atoms with Crippen LogP contribution < -0.4 is 5.73 Å². The number of benzene rings is 1. The summed E-state index contributed by atoms with van der Waals surface area (Å²) in [5.74, 6) is 7.04. The second-order valence-electron chi connectivity index (χ2n) is 9.03. The number of aromatic nitrogens is 2. The normalized spacial score (nSPS) is 16.2. The van der Waals surface area contributed by atoms with Crippen LogP contribution in [0.3, 0.4) is 0 Å². The molecule has 2 heterocycles. The van der Waals surface area contributed by atoms with E-state index in [4.69, 9.17) is 10.7 Å². The number of rotatable bonds is 7. The van der Waals surface area contributed by atoms with E-state index >= 15 is 0 Å². The smallest absolute Gasteiger partial charge is 0.191 e. The Labute approximate surface area is 206 Å². The van der Waals surface area contributed by atoms with Crippen LogP contribution in [0, 0.1) is 11.8 Å². The predicted octanol–water partition coefficient (Wildman–Crippen LogP) is 5.52. The molecule has 6 heteroatoms. The van der Waals surface area contributed by atoms with Gasteiger partial charge in [-0.3, -0.25) is 0 Å². The van der Waals surface area contributed by atoms with E-state index in [0.717, 1.165) is 22.1 Å². The molecule has 0 spiro atoms. The van der Waals surface area contributed by atoms with E-state index in [9.17, 15) is 0 Å². The first-order chi connectivity index (χ1) is 16.4. The van der Waals surface area contributed by atoms with Crippen molar-refractivity contribution < 1.29 is 0 Å². The summed E-state index contributed by atoms with van der Waals surface area (Å²) in [6.07, 6.45) is 6.12. The maximum atomic E-state index is 6.36. The molecule has 2 atom stereocenters. The fourth-order valence-corrected chi connectivity index (χ4v) is 5.19.